The third kappa shape index (κ3) is 6.15. The largest absolute Gasteiger partial charge is 0.489 e. The molecular weight excluding hydrogens is 534 g/mol. The summed E-state index contributed by atoms with van der Waals surface area (Å²) in [5.41, 5.74) is 7.31. The molecule has 12 heteroatoms. The van der Waals surface area contributed by atoms with E-state index in [4.69, 9.17) is 33.7 Å². The first-order valence-corrected chi connectivity index (χ1v) is 12.7. The van der Waals surface area contributed by atoms with Gasteiger partial charge in [-0.05, 0) is 55.8 Å². The van der Waals surface area contributed by atoms with Crippen molar-refractivity contribution in [3.63, 3.8) is 0 Å². The molecular formula is C26H27Cl2FN6O3. The maximum absolute atomic E-state index is 13.8. The van der Waals surface area contributed by atoms with E-state index in [1.165, 1.54) is 23.1 Å². The maximum atomic E-state index is 13.8. The van der Waals surface area contributed by atoms with E-state index in [1.54, 1.807) is 24.3 Å². The summed E-state index contributed by atoms with van der Waals surface area (Å²) in [6.45, 7) is 5.38. The molecule has 200 valence electrons. The Morgan fingerprint density at radius 2 is 1.87 bits per heavy atom. The Labute approximate surface area is 229 Å². The van der Waals surface area contributed by atoms with Gasteiger partial charge in [0.1, 0.15) is 5.82 Å². The van der Waals surface area contributed by atoms with E-state index in [0.717, 1.165) is 0 Å². The van der Waals surface area contributed by atoms with Gasteiger partial charge in [0.2, 0.25) is 6.41 Å². The highest BCUT2D eigenvalue weighted by molar-refractivity contribution is 6.36. The molecule has 0 bridgehead atoms. The summed E-state index contributed by atoms with van der Waals surface area (Å²) in [5, 5.41) is 11.5. The lowest BCUT2D eigenvalue weighted by molar-refractivity contribution is -0.106. The minimum absolute atomic E-state index is 0.0106. The number of hydrogen-bond acceptors (Lipinski definition) is 7. The van der Waals surface area contributed by atoms with E-state index in [-0.39, 0.29) is 53.4 Å². The fraction of sp³-hybridized carbons (Fsp3) is 0.308. The second kappa shape index (κ2) is 11.9. The van der Waals surface area contributed by atoms with Gasteiger partial charge >= 0.3 is 0 Å². The van der Waals surface area contributed by atoms with Crippen molar-refractivity contribution in [2.75, 3.05) is 30.3 Å². The minimum atomic E-state index is -0.579. The average Bonchev–Trinajstić information content (AvgIpc) is 2.89. The summed E-state index contributed by atoms with van der Waals surface area (Å²) >= 11 is 12.1. The number of ether oxygens (including phenoxy) is 1. The molecule has 9 nitrogen and oxygen atoms in total. The average molecular weight is 561 g/mol. The number of carbonyl (C=O) groups excluding carboxylic acids is 2. The molecule has 1 aromatic heterocycles. The van der Waals surface area contributed by atoms with Gasteiger partial charge in [0.25, 0.3) is 5.91 Å². The molecule has 0 spiro atoms. The van der Waals surface area contributed by atoms with E-state index >= 15 is 0 Å². The fourth-order valence-corrected chi connectivity index (χ4v) is 4.92. The molecule has 1 saturated heterocycles. The van der Waals surface area contributed by atoms with Crippen molar-refractivity contribution in [2.45, 2.75) is 32.4 Å². The number of aromatic nitrogens is 2. The second-order valence-corrected chi connectivity index (χ2v) is 9.86. The summed E-state index contributed by atoms with van der Waals surface area (Å²) < 4.78 is 19.5. The summed E-state index contributed by atoms with van der Waals surface area (Å²) in [6.07, 6.45) is 0.789. The topological polar surface area (TPSA) is 114 Å². The number of amides is 2. The van der Waals surface area contributed by atoms with Crippen LogP contribution in [0.5, 0.6) is 5.75 Å². The van der Waals surface area contributed by atoms with Gasteiger partial charge in [-0.25, -0.2) is 4.39 Å². The summed E-state index contributed by atoms with van der Waals surface area (Å²) in [5.74, 6) is -0.300. The maximum Gasteiger partial charge on any atom is 0.253 e. The molecule has 1 aliphatic heterocycles. The Hall–Kier alpha value is -3.47. The molecule has 2 atom stereocenters. The van der Waals surface area contributed by atoms with Crippen LogP contribution in [0.1, 0.15) is 29.8 Å². The van der Waals surface area contributed by atoms with E-state index in [0.29, 0.717) is 41.3 Å². The van der Waals surface area contributed by atoms with Crippen LogP contribution in [0.15, 0.2) is 42.5 Å². The van der Waals surface area contributed by atoms with Crippen LogP contribution < -0.4 is 20.7 Å². The van der Waals surface area contributed by atoms with Crippen LogP contribution in [0.4, 0.5) is 21.7 Å². The normalized spacial score (nSPS) is 17.2. The Morgan fingerprint density at radius 3 is 2.53 bits per heavy atom. The summed E-state index contributed by atoms with van der Waals surface area (Å²) in [6, 6.07) is 11.1. The second-order valence-electron chi connectivity index (χ2n) is 9.07. The Morgan fingerprint density at radius 1 is 1.18 bits per heavy atom. The standard InChI is InChI=1S/C26H27Cl2FN6O3/c1-15-12-34(13-16(2)31-15)26(37)17-3-5-18(6-4-17)35(14-36)23-11-22(25(30)33-32-23)38-10-9-19-20(27)7-8-21(29)24(19)28/h3-8,11,14-16,31H,9-10,12-13H2,1-2H3,(H2,30,33)/t15-,16+. The summed E-state index contributed by atoms with van der Waals surface area (Å²) in [4.78, 5) is 28.0. The Kier molecular flexibility index (Phi) is 8.65. The number of nitrogens with zero attached hydrogens (tertiary/aromatic N) is 4. The van der Waals surface area contributed by atoms with Crippen LogP contribution in [-0.2, 0) is 11.2 Å². The zero-order chi connectivity index (χ0) is 27.4. The van der Waals surface area contributed by atoms with E-state index in [9.17, 15) is 14.0 Å². The molecule has 2 amide bonds. The first-order valence-electron chi connectivity index (χ1n) is 12.0. The first kappa shape index (κ1) is 27.6. The number of anilines is 3. The van der Waals surface area contributed by atoms with Gasteiger partial charge in [-0.15, -0.1) is 10.2 Å². The first-order chi connectivity index (χ1) is 18.2. The van der Waals surface area contributed by atoms with Crippen molar-refractivity contribution >= 4 is 52.8 Å². The minimum Gasteiger partial charge on any atom is -0.489 e. The van der Waals surface area contributed by atoms with Gasteiger partial charge in [-0.2, -0.15) is 0 Å². The Balaban J connectivity index is 1.47. The number of nitrogens with one attached hydrogen (secondary N) is 1. The zero-order valence-electron chi connectivity index (χ0n) is 20.8. The third-order valence-corrected chi connectivity index (χ3v) is 6.87. The predicted octanol–water partition coefficient (Wildman–Crippen LogP) is 4.24. The number of carbonyl (C=O) groups is 2. The van der Waals surface area contributed by atoms with Crippen LogP contribution >= 0.6 is 23.2 Å². The van der Waals surface area contributed by atoms with Gasteiger partial charge in [-0.1, -0.05) is 23.2 Å². The van der Waals surface area contributed by atoms with Crippen molar-refractivity contribution < 1.29 is 18.7 Å². The van der Waals surface area contributed by atoms with E-state index < -0.39 is 5.82 Å². The van der Waals surface area contributed by atoms with Crippen molar-refractivity contribution in [2.24, 2.45) is 0 Å². The highest BCUT2D eigenvalue weighted by atomic mass is 35.5. The monoisotopic (exact) mass is 560 g/mol. The molecule has 0 unspecified atom stereocenters. The van der Waals surface area contributed by atoms with Gasteiger partial charge in [0.15, 0.2) is 17.4 Å². The number of rotatable bonds is 8. The molecule has 0 saturated carbocycles. The molecule has 3 aromatic rings. The fourth-order valence-electron chi connectivity index (χ4n) is 4.36. The lowest BCUT2D eigenvalue weighted by Gasteiger charge is -2.36. The van der Waals surface area contributed by atoms with Crippen molar-refractivity contribution in [3.8, 4) is 5.75 Å². The van der Waals surface area contributed by atoms with E-state index in [1.807, 2.05) is 18.7 Å². The number of nitrogens with two attached hydrogens (primary N) is 1. The molecule has 3 N–H and O–H groups in total. The number of halogens is 3. The van der Waals surface area contributed by atoms with Gasteiger partial charge in [-0.3, -0.25) is 14.5 Å². The van der Waals surface area contributed by atoms with Crippen molar-refractivity contribution in [1.82, 2.24) is 20.4 Å². The van der Waals surface area contributed by atoms with Crippen LogP contribution in [0.25, 0.3) is 0 Å². The van der Waals surface area contributed by atoms with Crippen LogP contribution in [0, 0.1) is 5.82 Å². The molecule has 2 heterocycles. The van der Waals surface area contributed by atoms with Crippen molar-refractivity contribution in [1.29, 1.82) is 0 Å². The highest BCUT2D eigenvalue weighted by Crippen LogP contribution is 2.30. The van der Waals surface area contributed by atoms with E-state index in [2.05, 4.69) is 15.5 Å². The quantitative estimate of drug-likeness (QED) is 0.313. The molecule has 1 aliphatic rings. The molecule has 2 aromatic carbocycles. The number of nitrogen functional groups attached to an aromatic ring is 1. The lowest BCUT2D eigenvalue weighted by atomic mass is 10.1. The molecule has 4 rings (SSSR count). The van der Waals surface area contributed by atoms with Crippen LogP contribution in [-0.4, -0.2) is 59.2 Å². The SMILES string of the molecule is C[C@@H]1CN(C(=O)c2ccc(N(C=O)c3cc(OCCc4c(Cl)ccc(F)c4Cl)c(N)nn3)cc2)C[C@H](C)N1. The molecule has 1 fully saturated rings. The van der Waals surface area contributed by atoms with Gasteiger partial charge in [0.05, 0.1) is 17.3 Å². The third-order valence-electron chi connectivity index (χ3n) is 6.11. The number of benzene rings is 2. The van der Waals surface area contributed by atoms with Crippen molar-refractivity contribution in [3.05, 3.63) is 69.5 Å². The highest BCUT2D eigenvalue weighted by Gasteiger charge is 2.25. The van der Waals surface area contributed by atoms with Crippen LogP contribution in [0.2, 0.25) is 10.0 Å². The molecule has 38 heavy (non-hydrogen) atoms. The molecule has 0 aliphatic carbocycles. The van der Waals surface area contributed by atoms with Gasteiger partial charge < -0.3 is 20.7 Å². The van der Waals surface area contributed by atoms with Crippen LogP contribution in [0.3, 0.4) is 0 Å². The predicted molar refractivity (Wildman–Crippen MR) is 145 cm³/mol. The number of piperazine rings is 1. The summed E-state index contributed by atoms with van der Waals surface area (Å²) in [7, 11) is 0. The zero-order valence-corrected chi connectivity index (χ0v) is 22.3. The smallest absolute Gasteiger partial charge is 0.253 e. The van der Waals surface area contributed by atoms with Gasteiger partial charge in [0, 0.05) is 48.2 Å². The number of hydrogen-bond donors (Lipinski definition) is 2. The Bertz CT molecular complexity index is 1320. The molecule has 0 radical (unpaired) electrons. The lowest BCUT2D eigenvalue weighted by Crippen LogP contribution is -2.55.